The van der Waals surface area contributed by atoms with Gasteiger partial charge in [-0.15, -0.1) is 0 Å². The summed E-state index contributed by atoms with van der Waals surface area (Å²) in [7, 11) is 1.97. The van der Waals surface area contributed by atoms with Crippen LogP contribution in [0.3, 0.4) is 0 Å². The Bertz CT molecular complexity index is 1330. The van der Waals surface area contributed by atoms with Crippen molar-refractivity contribution in [2.45, 2.75) is 44.9 Å². The van der Waals surface area contributed by atoms with Gasteiger partial charge in [-0.05, 0) is 44.9 Å². The Kier molecular flexibility index (Phi) is 7.09. The molecule has 2 aliphatic rings. The molecule has 1 saturated heterocycles. The summed E-state index contributed by atoms with van der Waals surface area (Å²) in [6.45, 7) is 5.90. The van der Waals surface area contributed by atoms with Crippen LogP contribution >= 0.6 is 22.9 Å². The highest BCUT2D eigenvalue weighted by Gasteiger charge is 2.31. The quantitative estimate of drug-likeness (QED) is 0.444. The maximum atomic E-state index is 15.1. The lowest BCUT2D eigenvalue weighted by Gasteiger charge is -2.37. The number of ether oxygens (including phenoxy) is 1. The van der Waals surface area contributed by atoms with Crippen LogP contribution in [0.5, 0.6) is 0 Å². The molecule has 1 aromatic carbocycles. The average molecular weight is 530 g/mol. The van der Waals surface area contributed by atoms with E-state index in [1.807, 2.05) is 36.9 Å². The van der Waals surface area contributed by atoms with Crippen LogP contribution in [0.1, 0.15) is 26.7 Å². The topological polar surface area (TPSA) is 92.8 Å². The number of aliphatic imine (C=N–C) groups is 1. The van der Waals surface area contributed by atoms with Gasteiger partial charge in [-0.1, -0.05) is 22.9 Å². The molecule has 2 fully saturated rings. The van der Waals surface area contributed by atoms with E-state index in [1.54, 1.807) is 18.3 Å². The Morgan fingerprint density at radius 2 is 2.14 bits per heavy atom. The Morgan fingerprint density at radius 3 is 2.83 bits per heavy atom. The highest BCUT2D eigenvalue weighted by Crippen LogP contribution is 2.37. The van der Waals surface area contributed by atoms with E-state index < -0.39 is 5.82 Å². The molecule has 1 saturated carbocycles. The van der Waals surface area contributed by atoms with Crippen molar-refractivity contribution in [1.82, 2.24) is 15.0 Å². The van der Waals surface area contributed by atoms with Gasteiger partial charge in [0.1, 0.15) is 16.6 Å². The summed E-state index contributed by atoms with van der Waals surface area (Å²) < 4.78 is 22.0. The number of thiazole rings is 1. The lowest BCUT2D eigenvalue weighted by Crippen LogP contribution is -2.48. The van der Waals surface area contributed by atoms with Crippen molar-refractivity contribution in [3.05, 3.63) is 40.8 Å². The zero-order valence-corrected chi connectivity index (χ0v) is 22.1. The molecule has 8 nitrogen and oxygen atoms in total. The normalized spacial score (nSPS) is 21.0. The second-order valence-corrected chi connectivity index (χ2v) is 10.6. The van der Waals surface area contributed by atoms with Gasteiger partial charge in [0.2, 0.25) is 5.95 Å². The second kappa shape index (κ2) is 10.3. The first-order valence-corrected chi connectivity index (χ1v) is 13.3. The molecule has 0 amide bonds. The van der Waals surface area contributed by atoms with Crippen LogP contribution in [0.2, 0.25) is 5.02 Å². The number of morpholine rings is 1. The van der Waals surface area contributed by atoms with Gasteiger partial charge in [-0.3, -0.25) is 4.99 Å². The molecular formula is C25H29ClFN7OS. The zero-order chi connectivity index (χ0) is 25.4. The van der Waals surface area contributed by atoms with E-state index in [0.717, 1.165) is 34.8 Å². The van der Waals surface area contributed by atoms with Crippen LogP contribution in [0.15, 0.2) is 35.0 Å². The van der Waals surface area contributed by atoms with Crippen LogP contribution in [0, 0.1) is 5.82 Å². The summed E-state index contributed by atoms with van der Waals surface area (Å²) in [4.78, 5) is 23.1. The van der Waals surface area contributed by atoms with Crippen molar-refractivity contribution in [2.75, 3.05) is 36.5 Å². The van der Waals surface area contributed by atoms with Gasteiger partial charge in [-0.25, -0.2) is 9.37 Å². The fourth-order valence-corrected chi connectivity index (χ4v) is 5.25. The Balaban J connectivity index is 1.56. The Labute approximate surface area is 218 Å². The van der Waals surface area contributed by atoms with E-state index in [-0.39, 0.29) is 12.2 Å². The smallest absolute Gasteiger partial charge is 0.228 e. The molecule has 5 rings (SSSR count). The van der Waals surface area contributed by atoms with Gasteiger partial charge in [-0.2, -0.15) is 9.97 Å². The SMILES string of the molecule is CCN(C)c1nc2nc(N3C[C@@H](C)O[C@@H](C(C=NC4CC4)=CN)C3)nc(-c3ccc(Cl)cc3F)c2s1. The molecule has 2 aromatic heterocycles. The van der Waals surface area contributed by atoms with E-state index in [0.29, 0.717) is 47.0 Å². The van der Waals surface area contributed by atoms with Crippen molar-refractivity contribution >= 4 is 50.6 Å². The molecule has 0 radical (unpaired) electrons. The van der Waals surface area contributed by atoms with E-state index in [9.17, 15) is 0 Å². The lowest BCUT2D eigenvalue weighted by molar-refractivity contribution is 0.00666. The van der Waals surface area contributed by atoms with E-state index in [4.69, 9.17) is 37.0 Å². The number of hydrogen-bond donors (Lipinski definition) is 1. The van der Waals surface area contributed by atoms with E-state index >= 15 is 4.39 Å². The fourth-order valence-electron chi connectivity index (χ4n) is 4.05. The number of aromatic nitrogens is 3. The van der Waals surface area contributed by atoms with Gasteiger partial charge in [0, 0.05) is 48.7 Å². The van der Waals surface area contributed by atoms with Crippen LogP contribution in [0.25, 0.3) is 21.6 Å². The summed E-state index contributed by atoms with van der Waals surface area (Å²) in [5, 5.41) is 1.13. The number of anilines is 2. The number of benzene rings is 1. The number of nitrogens with zero attached hydrogens (tertiary/aromatic N) is 6. The summed E-state index contributed by atoms with van der Waals surface area (Å²) >= 11 is 7.48. The molecule has 1 aliphatic heterocycles. The summed E-state index contributed by atoms with van der Waals surface area (Å²) in [5.74, 6) is 0.0311. The summed E-state index contributed by atoms with van der Waals surface area (Å²) in [6, 6.07) is 5.01. The molecule has 36 heavy (non-hydrogen) atoms. The second-order valence-electron chi connectivity index (χ2n) is 9.18. The highest BCUT2D eigenvalue weighted by atomic mass is 35.5. The first kappa shape index (κ1) is 24.9. The van der Waals surface area contributed by atoms with E-state index in [1.165, 1.54) is 17.4 Å². The third-order valence-electron chi connectivity index (χ3n) is 6.31. The minimum absolute atomic E-state index is 0.0970. The number of fused-ring (bicyclic) bond motifs is 1. The van der Waals surface area contributed by atoms with Crippen molar-refractivity contribution < 1.29 is 9.13 Å². The molecule has 2 atom stereocenters. The molecule has 3 heterocycles. The monoisotopic (exact) mass is 529 g/mol. The van der Waals surface area contributed by atoms with Crippen LogP contribution < -0.4 is 15.5 Å². The molecule has 11 heteroatoms. The Morgan fingerprint density at radius 1 is 1.33 bits per heavy atom. The predicted molar refractivity (Wildman–Crippen MR) is 145 cm³/mol. The van der Waals surface area contributed by atoms with Crippen LogP contribution in [-0.2, 0) is 4.74 Å². The van der Waals surface area contributed by atoms with Crippen molar-refractivity contribution in [3.63, 3.8) is 0 Å². The molecule has 0 bridgehead atoms. The number of nitrogens with two attached hydrogens (primary N) is 1. The van der Waals surface area contributed by atoms with Crippen molar-refractivity contribution in [3.8, 4) is 11.3 Å². The maximum Gasteiger partial charge on any atom is 0.228 e. The maximum absolute atomic E-state index is 15.1. The average Bonchev–Trinajstić information content (AvgIpc) is 3.58. The van der Waals surface area contributed by atoms with Crippen molar-refractivity contribution in [1.29, 1.82) is 0 Å². The zero-order valence-electron chi connectivity index (χ0n) is 20.5. The third kappa shape index (κ3) is 5.16. The highest BCUT2D eigenvalue weighted by molar-refractivity contribution is 7.22. The first-order valence-electron chi connectivity index (χ1n) is 12.1. The lowest BCUT2D eigenvalue weighted by atomic mass is 10.1. The largest absolute Gasteiger partial charge is 0.404 e. The van der Waals surface area contributed by atoms with E-state index in [2.05, 4.69) is 4.99 Å². The minimum Gasteiger partial charge on any atom is -0.404 e. The molecule has 3 aromatic rings. The first-order chi connectivity index (χ1) is 17.4. The molecule has 2 N–H and O–H groups in total. The van der Waals surface area contributed by atoms with Crippen LogP contribution in [-0.4, -0.2) is 66.1 Å². The molecule has 1 aliphatic carbocycles. The Hall–Kier alpha value is -2.82. The fraction of sp³-hybridized carbons (Fsp3) is 0.440. The van der Waals surface area contributed by atoms with Gasteiger partial charge < -0.3 is 20.3 Å². The summed E-state index contributed by atoms with van der Waals surface area (Å²) in [5.41, 5.74) is 8.15. The number of hydrogen-bond acceptors (Lipinski definition) is 9. The van der Waals surface area contributed by atoms with Gasteiger partial charge in [0.15, 0.2) is 10.8 Å². The van der Waals surface area contributed by atoms with Crippen molar-refractivity contribution in [2.24, 2.45) is 10.7 Å². The van der Waals surface area contributed by atoms with Gasteiger partial charge >= 0.3 is 0 Å². The number of rotatable bonds is 7. The van der Waals surface area contributed by atoms with Gasteiger partial charge in [0.05, 0.1) is 24.4 Å². The van der Waals surface area contributed by atoms with Gasteiger partial charge in [0.25, 0.3) is 0 Å². The van der Waals surface area contributed by atoms with Crippen LogP contribution in [0.4, 0.5) is 15.5 Å². The standard InChI is InChI=1S/C25H29ClFN7OS/c1-4-33(3)25-32-23-22(36-25)21(18-8-5-16(26)9-19(18)27)30-24(31-23)34-12-14(2)35-20(13-34)15(10-28)11-29-17-6-7-17/h5,8-11,14,17,20H,4,6-7,12-13,28H2,1-3H3/t14-,20-/m1/s1. The molecule has 0 unspecified atom stereocenters. The summed E-state index contributed by atoms with van der Waals surface area (Å²) in [6.07, 6.45) is 5.23. The molecule has 0 spiro atoms. The molecular weight excluding hydrogens is 501 g/mol. The number of halogens is 2. The minimum atomic E-state index is -0.440. The predicted octanol–water partition coefficient (Wildman–Crippen LogP) is 4.67. The third-order valence-corrected chi connectivity index (χ3v) is 7.71. The molecule has 190 valence electrons.